The Morgan fingerprint density at radius 3 is 1.87 bits per heavy atom. The Kier molecular flexibility index (Phi) is 10.8. The van der Waals surface area contributed by atoms with Gasteiger partial charge in [-0.3, -0.25) is 0 Å². The summed E-state index contributed by atoms with van der Waals surface area (Å²) in [5.74, 6) is 0.424. The van der Waals surface area contributed by atoms with Gasteiger partial charge in [-0.15, -0.1) is 0 Å². The van der Waals surface area contributed by atoms with Crippen molar-refractivity contribution < 1.29 is 26.3 Å². The molecule has 0 spiro atoms. The quantitative estimate of drug-likeness (QED) is 0.381. The van der Waals surface area contributed by atoms with Crippen LogP contribution in [0.2, 0.25) is 0 Å². The summed E-state index contributed by atoms with van der Waals surface area (Å²) < 4.78 is 13.2. The number of aliphatic imine (C=N–C) groups is 1. The first-order chi connectivity index (χ1) is 14.1. The van der Waals surface area contributed by atoms with Gasteiger partial charge in [-0.05, 0) is 32.1 Å². The second-order valence-electron chi connectivity index (χ2n) is 6.06. The van der Waals surface area contributed by atoms with Crippen LogP contribution in [-0.4, -0.2) is 26.7 Å². The van der Waals surface area contributed by atoms with E-state index in [-0.39, 0.29) is 28.8 Å². The van der Waals surface area contributed by atoms with Crippen LogP contribution in [0.15, 0.2) is 53.5 Å². The monoisotopic (exact) mass is 505 g/mol. The first-order valence-corrected chi connectivity index (χ1v) is 9.79. The zero-order chi connectivity index (χ0) is 20.5. The van der Waals surface area contributed by atoms with Gasteiger partial charge < -0.3 is 0 Å². The Balaban J connectivity index is 0.000000468. The molecule has 3 nitrogen and oxygen atoms in total. The van der Waals surface area contributed by atoms with Crippen LogP contribution in [0.25, 0.3) is 0 Å². The molecule has 2 saturated carbocycles. The molecule has 2 aromatic rings. The van der Waals surface area contributed by atoms with Crippen LogP contribution < -0.4 is 5.32 Å². The molecule has 2 aliphatic carbocycles. The summed E-state index contributed by atoms with van der Waals surface area (Å²) in [6.45, 7) is 0. The van der Waals surface area contributed by atoms with Crippen molar-refractivity contribution in [2.24, 2.45) is 4.99 Å². The summed E-state index contributed by atoms with van der Waals surface area (Å²) in [6, 6.07) is 13.0. The van der Waals surface area contributed by atoms with Crippen molar-refractivity contribution >= 4 is 32.3 Å². The van der Waals surface area contributed by atoms with Gasteiger partial charge in [-0.2, -0.15) is 0 Å². The second kappa shape index (κ2) is 13.1. The van der Waals surface area contributed by atoms with Crippen molar-refractivity contribution in [3.8, 4) is 0 Å². The number of halogens is 1. The van der Waals surface area contributed by atoms with E-state index in [4.69, 9.17) is 0 Å². The van der Waals surface area contributed by atoms with E-state index in [1.807, 2.05) is 82.1 Å². The minimum absolute atomic E-state index is 0. The molecule has 1 amide bonds. The molecular formula is C24H18FFeN2OSe+2. The van der Waals surface area contributed by atoms with Gasteiger partial charge in [0.15, 0.2) is 0 Å². The van der Waals surface area contributed by atoms with E-state index in [1.54, 1.807) is 0 Å². The molecule has 149 valence electrons. The molecule has 1 N–H and O–H groups in total. The van der Waals surface area contributed by atoms with Crippen molar-refractivity contribution in [3.63, 3.8) is 0 Å². The van der Waals surface area contributed by atoms with E-state index in [9.17, 15) is 9.18 Å². The normalized spacial score (nSPS) is 16.4. The van der Waals surface area contributed by atoms with Crippen molar-refractivity contribution in [1.29, 1.82) is 0 Å². The molecule has 2 aromatic carbocycles. The number of rotatable bonds is 3. The van der Waals surface area contributed by atoms with Gasteiger partial charge in [-0.1, -0.05) is 0 Å². The average molecular weight is 504 g/mol. The van der Waals surface area contributed by atoms with E-state index in [2.05, 4.69) is 26.3 Å². The minimum Gasteiger partial charge on any atom is -0.0312 e. The predicted molar refractivity (Wildman–Crippen MR) is 114 cm³/mol. The fourth-order valence-electron chi connectivity index (χ4n) is 2.53. The van der Waals surface area contributed by atoms with E-state index >= 15 is 0 Å². The number of nitrogens with one attached hydrogen (secondary N) is 1. The summed E-state index contributed by atoms with van der Waals surface area (Å²) in [5, 5.41) is 2.64. The zero-order valence-corrected chi connectivity index (χ0v) is 18.6. The third kappa shape index (κ3) is 8.00. The molecule has 0 bridgehead atoms. The predicted octanol–water partition coefficient (Wildman–Crippen LogP) is 4.18. The first-order valence-electron chi connectivity index (χ1n) is 8.93. The molecule has 0 saturated heterocycles. The Labute approximate surface area is 197 Å². The van der Waals surface area contributed by atoms with Crippen LogP contribution in [0.3, 0.4) is 0 Å². The largest absolute Gasteiger partial charge is 2.00 e. The standard InChI is InChI=1S/C19H13FN2OSe.C5H5.Fe/c20-16-9-5-15(6-10-16)18(23)22-19(24)21-17-11-7-14(8-12-17)13-3-1-2-4-13;1-2-4-5-3-1;/h1-12H,(H,21,22,23);1-5H;/q;;+2. The summed E-state index contributed by atoms with van der Waals surface area (Å²) in [4.78, 5) is 16.4. The molecule has 2 aliphatic rings. The smallest absolute Gasteiger partial charge is 0.0312 e. The van der Waals surface area contributed by atoms with Crippen LogP contribution in [-0.2, 0) is 17.1 Å². The molecule has 6 heteroatoms. The number of hydrogen-bond donors (Lipinski definition) is 1. The molecule has 4 rings (SSSR count). The van der Waals surface area contributed by atoms with Crippen LogP contribution in [0.1, 0.15) is 15.9 Å². The molecule has 0 atom stereocenters. The van der Waals surface area contributed by atoms with Crippen LogP contribution in [0, 0.1) is 69.5 Å². The third-order valence-electron chi connectivity index (χ3n) is 3.98. The topological polar surface area (TPSA) is 41.5 Å². The van der Waals surface area contributed by atoms with Gasteiger partial charge in [0.25, 0.3) is 0 Å². The summed E-state index contributed by atoms with van der Waals surface area (Å²) in [5.41, 5.74) is 2.19. The maximum absolute atomic E-state index is 12.9. The number of nitrogens with zero attached hydrogens (tertiary/aromatic N) is 1. The Morgan fingerprint density at radius 1 is 0.800 bits per heavy atom. The Morgan fingerprint density at radius 2 is 1.33 bits per heavy atom. The minimum atomic E-state index is -0.381. The van der Waals surface area contributed by atoms with Crippen LogP contribution >= 0.6 is 0 Å². The number of amidine groups is 1. The van der Waals surface area contributed by atoms with Crippen LogP contribution in [0.5, 0.6) is 0 Å². The Bertz CT molecular complexity index is 806. The number of benzene rings is 2. The maximum atomic E-state index is 12.9. The van der Waals surface area contributed by atoms with Gasteiger partial charge in [0.1, 0.15) is 0 Å². The molecule has 0 aromatic heterocycles. The molecule has 0 unspecified atom stereocenters. The zero-order valence-electron chi connectivity index (χ0n) is 15.8. The third-order valence-corrected chi connectivity index (χ3v) is 4.38. The molecule has 11 radical (unpaired) electrons. The average Bonchev–Trinajstić information content (AvgIpc) is 3.46. The van der Waals surface area contributed by atoms with E-state index in [0.717, 1.165) is 17.2 Å². The summed E-state index contributed by atoms with van der Waals surface area (Å²) >= 11 is 2.72. The molecule has 2 fully saturated rings. The van der Waals surface area contributed by atoms with Gasteiger partial charge >= 0.3 is 166 Å². The van der Waals surface area contributed by atoms with Gasteiger partial charge in [0.05, 0.1) is 0 Å². The SMILES string of the molecule is O=C(NC([Se])=Nc1ccc([C]2[CH][CH][CH][CH]2)cc1)c1ccc(F)cc1.[CH]1[CH][CH][CH][CH]1.[Fe+2]. The molecule has 0 aliphatic heterocycles. The number of carbonyl (C=O) groups is 1. The fourth-order valence-corrected chi connectivity index (χ4v) is 2.95. The van der Waals surface area contributed by atoms with Crippen molar-refractivity contribution in [3.05, 3.63) is 129 Å². The summed E-state index contributed by atoms with van der Waals surface area (Å²) in [7, 11) is 0. The first kappa shape index (κ1) is 24.8. The molecular weight excluding hydrogens is 486 g/mol. The van der Waals surface area contributed by atoms with Gasteiger partial charge in [0.2, 0.25) is 0 Å². The van der Waals surface area contributed by atoms with Crippen molar-refractivity contribution in [2.75, 3.05) is 0 Å². The van der Waals surface area contributed by atoms with Gasteiger partial charge in [0, 0.05) is 0 Å². The van der Waals surface area contributed by atoms with E-state index in [1.165, 1.54) is 24.3 Å². The van der Waals surface area contributed by atoms with E-state index in [0.29, 0.717) is 10.3 Å². The summed E-state index contributed by atoms with van der Waals surface area (Å²) in [6.07, 6.45) is 18.1. The maximum Gasteiger partial charge on any atom is 2.00 e. The van der Waals surface area contributed by atoms with Gasteiger partial charge in [-0.25, -0.2) is 0 Å². The van der Waals surface area contributed by atoms with Crippen LogP contribution in [0.4, 0.5) is 10.1 Å². The fraction of sp³-hybridized carbons (Fsp3) is 0. The molecule has 30 heavy (non-hydrogen) atoms. The van der Waals surface area contributed by atoms with Crippen molar-refractivity contribution in [2.45, 2.75) is 0 Å². The van der Waals surface area contributed by atoms with Crippen molar-refractivity contribution in [1.82, 2.24) is 5.32 Å². The number of amides is 1. The Hall–Kier alpha value is -1.45. The number of hydrogen-bond acceptors (Lipinski definition) is 2. The number of carbonyl (C=O) groups excluding carboxylic acids is 1. The van der Waals surface area contributed by atoms with E-state index < -0.39 is 0 Å². The molecule has 0 heterocycles. The second-order valence-corrected chi connectivity index (χ2v) is 6.87.